The molecule has 0 aromatic rings. The minimum absolute atomic E-state index is 0.488. The van der Waals surface area contributed by atoms with Crippen molar-refractivity contribution in [1.82, 2.24) is 0 Å². The molecule has 1 heterocycles. The quantitative estimate of drug-likeness (QED) is 0.409. The Morgan fingerprint density at radius 3 is 3.12 bits per heavy atom. The Morgan fingerprint density at radius 1 is 1.25 bits per heavy atom. The van der Waals surface area contributed by atoms with Crippen LogP contribution in [0.15, 0.2) is 35.1 Å². The summed E-state index contributed by atoms with van der Waals surface area (Å²) in [7, 11) is 0.488. The molecule has 0 spiro atoms. The van der Waals surface area contributed by atoms with Gasteiger partial charge in [-0.25, -0.2) is 0 Å². The zero-order chi connectivity index (χ0) is 5.40. The molecule has 8 heavy (non-hydrogen) atoms. The van der Waals surface area contributed by atoms with Crippen LogP contribution in [0.3, 0.4) is 0 Å². The number of hydrogen-bond acceptors (Lipinski definition) is 0. The molecule has 0 fully saturated rings. The van der Waals surface area contributed by atoms with Crippen LogP contribution in [0.1, 0.15) is 0 Å². The molecular formula is C7H6Si. The average molecular weight is 118 g/mol. The molecule has 1 aliphatic heterocycles. The lowest BCUT2D eigenvalue weighted by Gasteiger charge is -1.85. The van der Waals surface area contributed by atoms with Gasteiger partial charge in [-0.15, -0.1) is 0 Å². The number of allylic oxidation sites excluding steroid dienone is 6. The second-order valence-electron chi connectivity index (χ2n) is 1.96. The Bertz CT molecular complexity index is 203. The summed E-state index contributed by atoms with van der Waals surface area (Å²) in [4.78, 5) is 0. The first-order valence-electron chi connectivity index (χ1n) is 2.74. The summed E-state index contributed by atoms with van der Waals surface area (Å²) < 4.78 is 0. The maximum absolute atomic E-state index is 2.28. The zero-order valence-corrected chi connectivity index (χ0v) is 5.62. The molecule has 0 saturated heterocycles. The van der Waals surface area contributed by atoms with Gasteiger partial charge in [-0.2, -0.15) is 0 Å². The van der Waals surface area contributed by atoms with E-state index in [0.29, 0.717) is 9.13 Å². The van der Waals surface area contributed by atoms with Crippen molar-refractivity contribution in [3.63, 3.8) is 0 Å². The number of fused-ring (bicyclic) bond motifs is 1. The molecule has 2 rings (SSSR count). The van der Waals surface area contributed by atoms with Crippen molar-refractivity contribution in [2.75, 3.05) is 0 Å². The molecule has 1 aliphatic carbocycles. The van der Waals surface area contributed by atoms with Crippen molar-refractivity contribution >= 4 is 14.8 Å². The molecular weight excluding hydrogens is 112 g/mol. The third kappa shape index (κ3) is 0.420. The summed E-state index contributed by atoms with van der Waals surface area (Å²) in [6, 6.07) is 0. The Balaban J connectivity index is 2.59. The Hall–Kier alpha value is -0.693. The third-order valence-corrected chi connectivity index (χ3v) is 2.71. The molecule has 0 aromatic heterocycles. The molecule has 1 heteroatoms. The molecule has 0 radical (unpaired) electrons. The van der Waals surface area contributed by atoms with Crippen LogP contribution in [0, 0.1) is 0 Å². The van der Waals surface area contributed by atoms with E-state index in [2.05, 4.69) is 30.0 Å². The number of rotatable bonds is 0. The van der Waals surface area contributed by atoms with Gasteiger partial charge in [0.2, 0.25) is 0 Å². The van der Waals surface area contributed by atoms with Crippen molar-refractivity contribution in [2.24, 2.45) is 0 Å². The molecule has 0 aromatic carbocycles. The highest BCUT2D eigenvalue weighted by molar-refractivity contribution is 6.60. The smallest absolute Gasteiger partial charge is 0.0301 e. The molecule has 38 valence electrons. The molecule has 0 N–H and O–H groups in total. The second-order valence-corrected chi connectivity index (χ2v) is 3.30. The van der Waals surface area contributed by atoms with Gasteiger partial charge in [0.25, 0.3) is 0 Å². The molecule has 0 nitrogen and oxygen atoms in total. The molecule has 0 unspecified atom stereocenters. The van der Waals surface area contributed by atoms with E-state index in [-0.39, 0.29) is 0 Å². The van der Waals surface area contributed by atoms with E-state index in [4.69, 9.17) is 0 Å². The highest BCUT2D eigenvalue weighted by Crippen LogP contribution is 2.17. The van der Waals surface area contributed by atoms with Crippen LogP contribution < -0.4 is 0 Å². The monoisotopic (exact) mass is 118 g/mol. The standard InChI is InChI=1S/C7H6Si/c1-2-6-4-5-8-7(6)3-1/h1-5,8H. The predicted molar refractivity (Wildman–Crippen MR) is 38.5 cm³/mol. The minimum Gasteiger partial charge on any atom is -0.0793 e. The first-order chi connectivity index (χ1) is 3.97. The van der Waals surface area contributed by atoms with E-state index in [9.17, 15) is 0 Å². The van der Waals surface area contributed by atoms with E-state index in [1.54, 1.807) is 5.20 Å². The van der Waals surface area contributed by atoms with Crippen LogP contribution in [0.4, 0.5) is 0 Å². The molecule has 2 aliphatic rings. The van der Waals surface area contributed by atoms with Gasteiger partial charge in [0.15, 0.2) is 0 Å². The minimum atomic E-state index is 0.488. The number of hydrogen-bond donors (Lipinski definition) is 0. The lowest BCUT2D eigenvalue weighted by Crippen LogP contribution is -1.77. The van der Waals surface area contributed by atoms with E-state index in [1.165, 1.54) is 5.57 Å². The molecule has 0 atom stereocenters. The van der Waals surface area contributed by atoms with Gasteiger partial charge in [0, 0.05) is 9.13 Å². The summed E-state index contributed by atoms with van der Waals surface area (Å²) in [6.45, 7) is 0. The van der Waals surface area contributed by atoms with Crippen molar-refractivity contribution in [2.45, 2.75) is 0 Å². The normalized spacial score (nSPS) is 21.0. The summed E-state index contributed by atoms with van der Waals surface area (Å²) in [5.74, 6) is 0. The van der Waals surface area contributed by atoms with Crippen LogP contribution in [0.2, 0.25) is 0 Å². The second kappa shape index (κ2) is 1.39. The largest absolute Gasteiger partial charge is 0.0793 e. The van der Waals surface area contributed by atoms with Gasteiger partial charge in [0.05, 0.1) is 0 Å². The highest BCUT2D eigenvalue weighted by Gasteiger charge is 2.04. The summed E-state index contributed by atoms with van der Waals surface area (Å²) in [5.41, 5.74) is 3.73. The fourth-order valence-corrected chi connectivity index (χ4v) is 2.12. The van der Waals surface area contributed by atoms with E-state index >= 15 is 0 Å². The van der Waals surface area contributed by atoms with E-state index in [1.807, 2.05) is 0 Å². The van der Waals surface area contributed by atoms with Crippen LogP contribution in [0.5, 0.6) is 0 Å². The van der Waals surface area contributed by atoms with Crippen molar-refractivity contribution in [3.05, 3.63) is 35.1 Å². The van der Waals surface area contributed by atoms with Crippen LogP contribution in [0.25, 0.3) is 0 Å². The Morgan fingerprint density at radius 2 is 2.25 bits per heavy atom. The lowest BCUT2D eigenvalue weighted by molar-refractivity contribution is 1.78. The maximum Gasteiger partial charge on any atom is 0.0301 e. The maximum atomic E-state index is 2.28. The fourth-order valence-electron chi connectivity index (χ4n) is 1.01. The third-order valence-electron chi connectivity index (χ3n) is 1.44. The van der Waals surface area contributed by atoms with Crippen LogP contribution in [-0.2, 0) is 0 Å². The highest BCUT2D eigenvalue weighted by atomic mass is 28.2. The van der Waals surface area contributed by atoms with E-state index < -0.39 is 0 Å². The topological polar surface area (TPSA) is 0 Å². The van der Waals surface area contributed by atoms with Gasteiger partial charge < -0.3 is 0 Å². The Kier molecular flexibility index (Phi) is 0.731. The lowest BCUT2D eigenvalue weighted by atomic mass is 10.3. The molecule has 0 saturated carbocycles. The van der Waals surface area contributed by atoms with Crippen LogP contribution in [-0.4, -0.2) is 14.8 Å². The van der Waals surface area contributed by atoms with Gasteiger partial charge >= 0.3 is 0 Å². The van der Waals surface area contributed by atoms with Gasteiger partial charge in [-0.05, 0) is 10.8 Å². The zero-order valence-electron chi connectivity index (χ0n) is 4.46. The van der Waals surface area contributed by atoms with Crippen LogP contribution >= 0.6 is 0 Å². The van der Waals surface area contributed by atoms with Gasteiger partial charge in [-0.3, -0.25) is 0 Å². The fraction of sp³-hybridized carbons (Fsp3) is 0. The molecule has 0 bridgehead atoms. The SMILES string of the molecule is C1=CC2=CC=[SiH]C2=C1. The molecule has 0 amide bonds. The van der Waals surface area contributed by atoms with Gasteiger partial charge in [-0.1, -0.05) is 30.0 Å². The first kappa shape index (κ1) is 4.21. The average Bonchev–Trinajstić information content (AvgIpc) is 2.15. The predicted octanol–water partition coefficient (Wildman–Crippen LogP) is 0.619. The van der Waals surface area contributed by atoms with Crippen molar-refractivity contribution in [1.29, 1.82) is 0 Å². The van der Waals surface area contributed by atoms with Crippen molar-refractivity contribution < 1.29 is 0 Å². The van der Waals surface area contributed by atoms with E-state index in [0.717, 1.165) is 0 Å². The van der Waals surface area contributed by atoms with Crippen molar-refractivity contribution in [3.8, 4) is 0 Å². The summed E-state index contributed by atoms with van der Waals surface area (Å²) >= 11 is 0. The van der Waals surface area contributed by atoms with Gasteiger partial charge in [0.1, 0.15) is 0 Å². The first-order valence-corrected chi connectivity index (χ1v) is 3.98. The Labute approximate surface area is 50.7 Å². The summed E-state index contributed by atoms with van der Waals surface area (Å²) in [6.07, 6.45) is 8.72. The summed E-state index contributed by atoms with van der Waals surface area (Å²) in [5, 5.41) is 1.56.